The summed E-state index contributed by atoms with van der Waals surface area (Å²) in [5, 5.41) is 13.5. The zero-order valence-corrected chi connectivity index (χ0v) is 18.9. The summed E-state index contributed by atoms with van der Waals surface area (Å²) in [6, 6.07) is 18.0. The second-order valence-electron chi connectivity index (χ2n) is 7.52. The quantitative estimate of drug-likeness (QED) is 0.119. The Morgan fingerprint density at radius 1 is 1.12 bits per heavy atom. The zero-order valence-electron chi connectivity index (χ0n) is 17.4. The molecule has 3 aromatic carbocycles. The number of aryl methyl sites for hydroxylation is 1. The van der Waals surface area contributed by atoms with E-state index in [9.17, 15) is 14.9 Å². The van der Waals surface area contributed by atoms with Crippen LogP contribution in [-0.4, -0.2) is 20.1 Å². The Morgan fingerprint density at radius 2 is 1.91 bits per heavy atom. The number of imidazole rings is 1. The summed E-state index contributed by atoms with van der Waals surface area (Å²) >= 11 is 7.49. The predicted octanol–water partition coefficient (Wildman–Crippen LogP) is 6.98. The average Bonchev–Trinajstić information content (AvgIpc) is 3.33. The first-order valence-corrected chi connectivity index (χ1v) is 11.2. The minimum absolute atomic E-state index is 0.0594. The number of nitrogens with zero attached hydrogens (tertiary/aromatic N) is 3. The van der Waals surface area contributed by atoms with Gasteiger partial charge in [-0.15, -0.1) is 11.3 Å². The second kappa shape index (κ2) is 8.27. The van der Waals surface area contributed by atoms with Gasteiger partial charge in [0, 0.05) is 28.3 Å². The molecule has 0 saturated carbocycles. The molecule has 0 amide bonds. The topological polar surface area (TPSA) is 77.5 Å². The predicted molar refractivity (Wildman–Crippen MR) is 132 cm³/mol. The van der Waals surface area contributed by atoms with E-state index in [1.165, 1.54) is 29.5 Å². The van der Waals surface area contributed by atoms with Crippen LogP contribution in [0.2, 0.25) is 5.02 Å². The number of ketones is 1. The van der Waals surface area contributed by atoms with Gasteiger partial charge in [-0.05, 0) is 42.0 Å². The molecule has 0 aliphatic carbocycles. The van der Waals surface area contributed by atoms with Gasteiger partial charge in [0.05, 0.1) is 16.3 Å². The van der Waals surface area contributed by atoms with Crippen LogP contribution in [0.25, 0.3) is 33.1 Å². The molecule has 0 saturated heterocycles. The second-order valence-corrected chi connectivity index (χ2v) is 9.14. The van der Waals surface area contributed by atoms with Crippen LogP contribution in [0.15, 0.2) is 72.9 Å². The molecule has 33 heavy (non-hydrogen) atoms. The van der Waals surface area contributed by atoms with E-state index >= 15 is 0 Å². The Kier molecular flexibility index (Phi) is 5.28. The van der Waals surface area contributed by atoms with Gasteiger partial charge in [-0.1, -0.05) is 54.1 Å². The number of nitro groups is 1. The van der Waals surface area contributed by atoms with Gasteiger partial charge in [0.15, 0.2) is 10.7 Å². The normalized spacial score (nSPS) is 11.6. The SMILES string of the molecule is Cc1cn2c(C=CC(=O)c3ccc4ccccc4c3)c(-c3ccc(Cl)c([N+](=O)[O-])c3)nc2s1. The van der Waals surface area contributed by atoms with Crippen LogP contribution in [0.5, 0.6) is 0 Å². The first-order chi connectivity index (χ1) is 15.9. The molecule has 0 atom stereocenters. The molecule has 0 bridgehead atoms. The largest absolute Gasteiger partial charge is 0.290 e. The Bertz CT molecular complexity index is 1600. The monoisotopic (exact) mass is 473 g/mol. The first-order valence-electron chi connectivity index (χ1n) is 10.0. The summed E-state index contributed by atoms with van der Waals surface area (Å²) in [6.45, 7) is 1.97. The lowest BCUT2D eigenvalue weighted by Crippen LogP contribution is -1.95. The highest BCUT2D eigenvalue weighted by atomic mass is 35.5. The summed E-state index contributed by atoms with van der Waals surface area (Å²) < 4.78 is 1.89. The minimum atomic E-state index is -0.521. The maximum Gasteiger partial charge on any atom is 0.288 e. The summed E-state index contributed by atoms with van der Waals surface area (Å²) in [4.78, 5) is 30.3. The molecule has 0 aliphatic heterocycles. The van der Waals surface area contributed by atoms with Crippen LogP contribution < -0.4 is 0 Å². The van der Waals surface area contributed by atoms with Gasteiger partial charge in [0.2, 0.25) is 0 Å². The zero-order chi connectivity index (χ0) is 23.1. The number of benzene rings is 3. The van der Waals surface area contributed by atoms with Gasteiger partial charge >= 0.3 is 0 Å². The molecule has 2 heterocycles. The summed E-state index contributed by atoms with van der Waals surface area (Å²) in [5.41, 5.74) is 2.15. The number of rotatable bonds is 5. The van der Waals surface area contributed by atoms with Crippen LogP contribution in [0, 0.1) is 17.0 Å². The Hall–Kier alpha value is -3.81. The van der Waals surface area contributed by atoms with E-state index in [2.05, 4.69) is 4.98 Å². The number of aromatic nitrogens is 2. The lowest BCUT2D eigenvalue weighted by molar-refractivity contribution is -0.384. The lowest BCUT2D eigenvalue weighted by atomic mass is 10.0. The minimum Gasteiger partial charge on any atom is -0.290 e. The van der Waals surface area contributed by atoms with Crippen molar-refractivity contribution in [1.29, 1.82) is 0 Å². The molecule has 0 radical (unpaired) electrons. The Morgan fingerprint density at radius 3 is 2.70 bits per heavy atom. The number of allylic oxidation sites excluding steroid dienone is 1. The van der Waals surface area contributed by atoms with Crippen LogP contribution in [0.1, 0.15) is 20.9 Å². The van der Waals surface area contributed by atoms with E-state index in [1.807, 2.05) is 53.9 Å². The molecule has 0 spiro atoms. The van der Waals surface area contributed by atoms with Gasteiger partial charge in [0.1, 0.15) is 5.02 Å². The van der Waals surface area contributed by atoms with Gasteiger partial charge < -0.3 is 0 Å². The van der Waals surface area contributed by atoms with Crippen molar-refractivity contribution in [2.75, 3.05) is 0 Å². The third kappa shape index (κ3) is 3.92. The Balaban J connectivity index is 1.58. The lowest BCUT2D eigenvalue weighted by Gasteiger charge is -2.03. The summed E-state index contributed by atoms with van der Waals surface area (Å²) in [6.07, 6.45) is 5.15. The standard InChI is InChI=1S/C25H16ClN3O3S/c1-15-14-28-21(10-11-23(30)18-7-6-16-4-2-3-5-17(16)12-18)24(27-25(28)33-15)19-8-9-20(26)22(13-19)29(31)32/h2-14H,1H3. The molecule has 5 aromatic rings. The molecule has 8 heteroatoms. The molecule has 5 rings (SSSR count). The molecular weight excluding hydrogens is 458 g/mol. The highest BCUT2D eigenvalue weighted by molar-refractivity contribution is 7.17. The summed E-state index contributed by atoms with van der Waals surface area (Å²) in [5.74, 6) is -0.143. The third-order valence-corrected chi connectivity index (χ3v) is 6.54. The highest BCUT2D eigenvalue weighted by Gasteiger charge is 2.19. The van der Waals surface area contributed by atoms with Crippen LogP contribution in [0.3, 0.4) is 0 Å². The average molecular weight is 474 g/mol. The number of hydrogen-bond acceptors (Lipinski definition) is 5. The molecule has 162 valence electrons. The van der Waals surface area contributed by atoms with E-state index in [-0.39, 0.29) is 16.5 Å². The van der Waals surface area contributed by atoms with Gasteiger partial charge in [-0.2, -0.15) is 0 Å². The molecule has 0 unspecified atom stereocenters. The number of hydrogen-bond donors (Lipinski definition) is 0. The van der Waals surface area contributed by atoms with Gasteiger partial charge in [-0.3, -0.25) is 19.3 Å². The fraction of sp³-hybridized carbons (Fsp3) is 0.0400. The van der Waals surface area contributed by atoms with E-state index in [4.69, 9.17) is 11.6 Å². The number of halogens is 1. The highest BCUT2D eigenvalue weighted by Crippen LogP contribution is 2.34. The fourth-order valence-electron chi connectivity index (χ4n) is 3.74. The van der Waals surface area contributed by atoms with E-state index < -0.39 is 4.92 Å². The van der Waals surface area contributed by atoms with E-state index in [0.29, 0.717) is 22.5 Å². The maximum absolute atomic E-state index is 12.9. The molecule has 0 N–H and O–H groups in total. The molecule has 0 fully saturated rings. The van der Waals surface area contributed by atoms with Crippen LogP contribution in [-0.2, 0) is 0 Å². The maximum atomic E-state index is 12.9. The number of carbonyl (C=O) groups is 1. The third-order valence-electron chi connectivity index (χ3n) is 5.32. The van der Waals surface area contributed by atoms with E-state index in [1.54, 1.807) is 18.2 Å². The van der Waals surface area contributed by atoms with E-state index in [0.717, 1.165) is 20.6 Å². The van der Waals surface area contributed by atoms with Crippen molar-refractivity contribution in [3.05, 3.63) is 104 Å². The van der Waals surface area contributed by atoms with Gasteiger partial charge in [-0.25, -0.2) is 4.98 Å². The number of thiazole rings is 1. The Labute approximate surface area is 197 Å². The van der Waals surface area contributed by atoms with Crippen LogP contribution >= 0.6 is 22.9 Å². The summed E-state index contributed by atoms with van der Waals surface area (Å²) in [7, 11) is 0. The van der Waals surface area contributed by atoms with Crippen molar-refractivity contribution in [3.63, 3.8) is 0 Å². The molecule has 0 aliphatic rings. The van der Waals surface area contributed by atoms with Crippen molar-refractivity contribution in [1.82, 2.24) is 9.38 Å². The van der Waals surface area contributed by atoms with Crippen molar-refractivity contribution in [2.45, 2.75) is 6.92 Å². The van der Waals surface area contributed by atoms with Gasteiger partial charge in [0.25, 0.3) is 5.69 Å². The van der Waals surface area contributed by atoms with Crippen molar-refractivity contribution >= 4 is 56.2 Å². The van der Waals surface area contributed by atoms with Crippen molar-refractivity contribution in [3.8, 4) is 11.3 Å². The van der Waals surface area contributed by atoms with Crippen molar-refractivity contribution < 1.29 is 9.72 Å². The molecule has 6 nitrogen and oxygen atoms in total. The first kappa shape index (κ1) is 21.1. The van der Waals surface area contributed by atoms with Crippen molar-refractivity contribution in [2.24, 2.45) is 0 Å². The number of fused-ring (bicyclic) bond motifs is 2. The molecular formula is C25H16ClN3O3S. The smallest absolute Gasteiger partial charge is 0.288 e. The molecule has 2 aromatic heterocycles. The number of nitro benzene ring substituents is 1. The fourth-order valence-corrected chi connectivity index (χ4v) is 4.76. The van der Waals surface area contributed by atoms with Crippen LogP contribution in [0.4, 0.5) is 5.69 Å². The number of carbonyl (C=O) groups excluding carboxylic acids is 1.